The normalized spacial score (nSPS) is 11.2. The number of nitrogens with zero attached hydrogens (tertiary/aromatic N) is 9. The third kappa shape index (κ3) is 5.29. The summed E-state index contributed by atoms with van der Waals surface area (Å²) in [6, 6.07) is 32.0. The van der Waals surface area contributed by atoms with Gasteiger partial charge >= 0.3 is 0 Å². The number of rotatable bonds is 6. The molecule has 0 fully saturated rings. The Hall–Kier alpha value is -7.13. The molecule has 0 aliphatic carbocycles. The minimum atomic E-state index is 0.591. The lowest BCUT2D eigenvalue weighted by Gasteiger charge is -2.18. The molecule has 0 bridgehead atoms. The predicted molar refractivity (Wildman–Crippen MR) is 194 cm³/mol. The molecule has 0 aliphatic rings. The van der Waals surface area contributed by atoms with Gasteiger partial charge in [0.15, 0.2) is 11.6 Å². The number of fused-ring (bicyclic) bond motifs is 2. The van der Waals surface area contributed by atoms with E-state index in [0.717, 1.165) is 77.8 Å². The quantitative estimate of drug-likeness (QED) is 0.164. The molecular weight excluding hydrogens is 619 g/mol. The summed E-state index contributed by atoms with van der Waals surface area (Å²) in [4.78, 5) is 42.2. The number of aromatic nitrogens is 9. The first kappa shape index (κ1) is 29.0. The maximum Gasteiger partial charge on any atom is 0.160 e. The molecule has 50 heavy (non-hydrogen) atoms. The Morgan fingerprint density at radius 3 is 1.22 bits per heavy atom. The van der Waals surface area contributed by atoms with Gasteiger partial charge in [-0.1, -0.05) is 30.3 Å². The fourth-order valence-corrected chi connectivity index (χ4v) is 6.29. The average molecular weight is 644 g/mol. The summed E-state index contributed by atoms with van der Waals surface area (Å²) >= 11 is 0. The van der Waals surface area contributed by atoms with Crippen LogP contribution in [0.15, 0.2) is 153 Å². The second kappa shape index (κ2) is 12.5. The molecule has 9 rings (SSSR count). The first-order valence-corrected chi connectivity index (χ1v) is 16.0. The van der Waals surface area contributed by atoms with Gasteiger partial charge in [0, 0.05) is 94.5 Å². The summed E-state index contributed by atoms with van der Waals surface area (Å²) < 4.78 is 0. The standard InChI is InChI=1S/C41H25N9/c1-2-5-31-30(4-1)37(35-24-33(26-7-16-42-17-8-26)47-40(49-35)28-11-20-44-21-12-28)32-6-3-15-46-39(32)38(31)36-25-34(27-9-18-43-19-10-27)48-41(50-36)29-13-22-45-23-14-29/h1-25H. The second-order valence-electron chi connectivity index (χ2n) is 11.6. The fourth-order valence-electron chi connectivity index (χ4n) is 6.29. The SMILES string of the molecule is c1ccc2c(-c3cc(-c4ccncc4)nc(-c4ccncc4)n3)c3ncccc3c(-c3cc(-c4ccncc4)nc(-c4ccncc4)n3)c2c1. The lowest BCUT2D eigenvalue weighted by molar-refractivity contribution is 1.17. The van der Waals surface area contributed by atoms with Gasteiger partial charge < -0.3 is 0 Å². The van der Waals surface area contributed by atoms with E-state index in [0.29, 0.717) is 11.6 Å². The Balaban J connectivity index is 1.35. The third-order valence-corrected chi connectivity index (χ3v) is 8.57. The number of hydrogen-bond donors (Lipinski definition) is 0. The number of pyridine rings is 5. The topological polar surface area (TPSA) is 116 Å². The van der Waals surface area contributed by atoms with Crippen molar-refractivity contribution in [3.63, 3.8) is 0 Å². The van der Waals surface area contributed by atoms with E-state index in [1.807, 2.05) is 79.0 Å². The largest absolute Gasteiger partial charge is 0.265 e. The van der Waals surface area contributed by atoms with Crippen LogP contribution >= 0.6 is 0 Å². The van der Waals surface area contributed by atoms with Crippen molar-refractivity contribution in [2.45, 2.75) is 0 Å². The predicted octanol–water partition coefficient (Wildman–Crippen LogP) is 8.55. The molecule has 0 N–H and O–H groups in total. The van der Waals surface area contributed by atoms with Crippen molar-refractivity contribution in [2.75, 3.05) is 0 Å². The van der Waals surface area contributed by atoms with Gasteiger partial charge in [0.05, 0.1) is 28.3 Å². The van der Waals surface area contributed by atoms with Crippen molar-refractivity contribution < 1.29 is 0 Å². The van der Waals surface area contributed by atoms with E-state index in [1.54, 1.807) is 49.6 Å². The van der Waals surface area contributed by atoms with Crippen LogP contribution in [-0.4, -0.2) is 44.9 Å². The summed E-state index contributed by atoms with van der Waals surface area (Å²) in [5, 5.41) is 2.94. The molecule has 234 valence electrons. The van der Waals surface area contributed by atoms with E-state index >= 15 is 0 Å². The Bertz CT molecular complexity index is 2280. The van der Waals surface area contributed by atoms with Gasteiger partial charge in [0.1, 0.15) is 0 Å². The molecule has 0 amide bonds. The minimum absolute atomic E-state index is 0.591. The highest BCUT2D eigenvalue weighted by Crippen LogP contribution is 2.43. The molecule has 2 aromatic carbocycles. The van der Waals surface area contributed by atoms with Crippen molar-refractivity contribution >= 4 is 21.7 Å². The maximum atomic E-state index is 5.19. The van der Waals surface area contributed by atoms with E-state index in [-0.39, 0.29) is 0 Å². The average Bonchev–Trinajstić information content (AvgIpc) is 3.21. The summed E-state index contributed by atoms with van der Waals surface area (Å²) in [7, 11) is 0. The Labute approximate surface area is 286 Å². The molecule has 9 heteroatoms. The highest BCUT2D eigenvalue weighted by atomic mass is 14.9. The number of benzene rings is 2. The van der Waals surface area contributed by atoms with Crippen molar-refractivity contribution in [3.8, 4) is 67.8 Å². The van der Waals surface area contributed by atoms with Gasteiger partial charge in [0.2, 0.25) is 0 Å². The highest BCUT2D eigenvalue weighted by Gasteiger charge is 2.22. The highest BCUT2D eigenvalue weighted by molar-refractivity contribution is 6.19. The lowest BCUT2D eigenvalue weighted by atomic mass is 9.90. The Morgan fingerprint density at radius 1 is 0.320 bits per heavy atom. The van der Waals surface area contributed by atoms with Crippen LogP contribution in [0.25, 0.3) is 89.5 Å². The third-order valence-electron chi connectivity index (χ3n) is 8.57. The fraction of sp³-hybridized carbons (Fsp3) is 0. The first-order chi connectivity index (χ1) is 24.8. The van der Waals surface area contributed by atoms with Gasteiger partial charge in [0.25, 0.3) is 0 Å². The maximum absolute atomic E-state index is 5.19. The molecule has 9 aromatic rings. The molecule has 0 unspecified atom stereocenters. The van der Waals surface area contributed by atoms with Gasteiger partial charge in [-0.25, -0.2) is 19.9 Å². The first-order valence-electron chi connectivity index (χ1n) is 16.0. The van der Waals surface area contributed by atoms with Crippen LogP contribution in [0.5, 0.6) is 0 Å². The zero-order chi connectivity index (χ0) is 33.3. The summed E-state index contributed by atoms with van der Waals surface area (Å²) in [5.74, 6) is 1.19. The second-order valence-corrected chi connectivity index (χ2v) is 11.6. The molecule has 0 radical (unpaired) electrons. The van der Waals surface area contributed by atoms with E-state index in [4.69, 9.17) is 24.9 Å². The summed E-state index contributed by atoms with van der Waals surface area (Å²) in [5.41, 5.74) is 9.37. The zero-order valence-corrected chi connectivity index (χ0v) is 26.5. The van der Waals surface area contributed by atoms with E-state index in [1.165, 1.54) is 0 Å². The minimum Gasteiger partial charge on any atom is -0.265 e. The lowest BCUT2D eigenvalue weighted by Crippen LogP contribution is -2.00. The Morgan fingerprint density at radius 2 is 0.720 bits per heavy atom. The van der Waals surface area contributed by atoms with E-state index in [9.17, 15) is 0 Å². The van der Waals surface area contributed by atoms with Crippen LogP contribution in [0.3, 0.4) is 0 Å². The van der Waals surface area contributed by atoms with Crippen molar-refractivity contribution in [1.29, 1.82) is 0 Å². The van der Waals surface area contributed by atoms with Gasteiger partial charge in [-0.3, -0.25) is 24.9 Å². The van der Waals surface area contributed by atoms with Crippen molar-refractivity contribution in [3.05, 3.63) is 153 Å². The van der Waals surface area contributed by atoms with Crippen molar-refractivity contribution in [1.82, 2.24) is 44.9 Å². The van der Waals surface area contributed by atoms with Crippen LogP contribution in [0, 0.1) is 0 Å². The smallest absolute Gasteiger partial charge is 0.160 e. The molecule has 9 nitrogen and oxygen atoms in total. The molecule has 7 aromatic heterocycles. The molecule has 0 saturated carbocycles. The van der Waals surface area contributed by atoms with Crippen LogP contribution in [0.2, 0.25) is 0 Å². The van der Waals surface area contributed by atoms with Crippen LogP contribution < -0.4 is 0 Å². The van der Waals surface area contributed by atoms with Gasteiger partial charge in [-0.15, -0.1) is 0 Å². The molecular formula is C41H25N9. The molecule has 0 saturated heterocycles. The van der Waals surface area contributed by atoms with Gasteiger partial charge in [-0.2, -0.15) is 0 Å². The van der Waals surface area contributed by atoms with E-state index < -0.39 is 0 Å². The monoisotopic (exact) mass is 643 g/mol. The zero-order valence-electron chi connectivity index (χ0n) is 26.5. The molecule has 0 spiro atoms. The molecule has 7 heterocycles. The Kier molecular flexibility index (Phi) is 7.25. The number of hydrogen-bond acceptors (Lipinski definition) is 9. The summed E-state index contributed by atoms with van der Waals surface area (Å²) in [6.45, 7) is 0. The van der Waals surface area contributed by atoms with Crippen LogP contribution in [0.1, 0.15) is 0 Å². The molecule has 0 atom stereocenters. The van der Waals surface area contributed by atoms with Crippen LogP contribution in [0.4, 0.5) is 0 Å². The van der Waals surface area contributed by atoms with Crippen molar-refractivity contribution in [2.24, 2.45) is 0 Å². The molecule has 0 aliphatic heterocycles. The van der Waals surface area contributed by atoms with Gasteiger partial charge in [-0.05, 0) is 77.5 Å². The van der Waals surface area contributed by atoms with Crippen LogP contribution in [-0.2, 0) is 0 Å². The van der Waals surface area contributed by atoms with E-state index in [2.05, 4.69) is 44.2 Å². The summed E-state index contributed by atoms with van der Waals surface area (Å²) in [6.07, 6.45) is 15.9.